The van der Waals surface area contributed by atoms with E-state index >= 15 is 0 Å². The molecule has 0 amide bonds. The van der Waals surface area contributed by atoms with Gasteiger partial charge in [-0.25, -0.2) is 12.8 Å². The Hall–Kier alpha value is -1.14. The summed E-state index contributed by atoms with van der Waals surface area (Å²) in [5, 5.41) is -0.451. The van der Waals surface area contributed by atoms with E-state index in [0.29, 0.717) is 13.0 Å². The monoisotopic (exact) mass is 289 g/mol. The van der Waals surface area contributed by atoms with Crippen molar-refractivity contribution in [1.82, 2.24) is 0 Å². The van der Waals surface area contributed by atoms with Gasteiger partial charge in [-0.2, -0.15) is 0 Å². The van der Waals surface area contributed by atoms with Crippen LogP contribution in [0.2, 0.25) is 0 Å². The van der Waals surface area contributed by atoms with Crippen molar-refractivity contribution in [3.63, 3.8) is 0 Å². The van der Waals surface area contributed by atoms with Gasteiger partial charge in [0.15, 0.2) is 21.4 Å². The van der Waals surface area contributed by atoms with Crippen LogP contribution in [0.5, 0.6) is 5.75 Å². The van der Waals surface area contributed by atoms with Crippen LogP contribution >= 0.6 is 0 Å². The average Bonchev–Trinajstić information content (AvgIpc) is 2.32. The third kappa shape index (κ3) is 4.80. The SMILES string of the molecule is CC(C)S(=O)(=O)CCOc1ccc(CCN)cc1F. The first-order valence-corrected chi connectivity index (χ1v) is 7.91. The molecule has 0 aromatic heterocycles. The smallest absolute Gasteiger partial charge is 0.165 e. The number of sulfone groups is 1. The zero-order valence-electron chi connectivity index (χ0n) is 11.2. The fourth-order valence-corrected chi connectivity index (χ4v) is 2.27. The van der Waals surface area contributed by atoms with Gasteiger partial charge in [0.05, 0.1) is 11.0 Å². The number of rotatable bonds is 7. The lowest BCUT2D eigenvalue weighted by Gasteiger charge is -2.10. The predicted molar refractivity (Wildman–Crippen MR) is 73.6 cm³/mol. The number of hydrogen-bond donors (Lipinski definition) is 1. The number of nitrogens with two attached hydrogens (primary N) is 1. The zero-order valence-corrected chi connectivity index (χ0v) is 12.0. The van der Waals surface area contributed by atoms with Crippen LogP contribution in [0.25, 0.3) is 0 Å². The first kappa shape index (κ1) is 15.9. The first-order valence-electron chi connectivity index (χ1n) is 6.19. The van der Waals surface area contributed by atoms with Gasteiger partial charge in [-0.15, -0.1) is 0 Å². The van der Waals surface area contributed by atoms with Crippen molar-refractivity contribution in [3.8, 4) is 5.75 Å². The number of ether oxygens (including phenoxy) is 1. The minimum atomic E-state index is -3.16. The van der Waals surface area contributed by atoms with Gasteiger partial charge >= 0.3 is 0 Å². The molecule has 0 heterocycles. The summed E-state index contributed by atoms with van der Waals surface area (Å²) in [6.07, 6.45) is 0.596. The molecular weight excluding hydrogens is 269 g/mol. The lowest BCUT2D eigenvalue weighted by atomic mass is 10.1. The van der Waals surface area contributed by atoms with Gasteiger partial charge in [-0.1, -0.05) is 6.07 Å². The Morgan fingerprint density at radius 1 is 1.37 bits per heavy atom. The molecule has 6 heteroatoms. The minimum absolute atomic E-state index is 0.0479. The van der Waals surface area contributed by atoms with Gasteiger partial charge in [0.1, 0.15) is 6.61 Å². The van der Waals surface area contributed by atoms with Crippen LogP contribution in [0.3, 0.4) is 0 Å². The van der Waals surface area contributed by atoms with Crippen molar-refractivity contribution < 1.29 is 17.5 Å². The summed E-state index contributed by atoms with van der Waals surface area (Å²) in [4.78, 5) is 0. The molecule has 0 saturated heterocycles. The van der Waals surface area contributed by atoms with E-state index in [1.807, 2.05) is 0 Å². The van der Waals surface area contributed by atoms with Crippen molar-refractivity contribution in [3.05, 3.63) is 29.6 Å². The largest absolute Gasteiger partial charge is 0.489 e. The summed E-state index contributed by atoms with van der Waals surface area (Å²) in [5.74, 6) is -0.540. The van der Waals surface area contributed by atoms with Crippen LogP contribution in [0.15, 0.2) is 18.2 Å². The van der Waals surface area contributed by atoms with E-state index in [9.17, 15) is 12.8 Å². The Bertz CT molecular complexity index is 515. The molecule has 0 unspecified atom stereocenters. The van der Waals surface area contributed by atoms with Gasteiger partial charge in [0, 0.05) is 0 Å². The first-order chi connectivity index (χ1) is 8.86. The third-order valence-electron chi connectivity index (χ3n) is 2.77. The Kier molecular flexibility index (Phi) is 5.75. The molecule has 1 aromatic rings. The zero-order chi connectivity index (χ0) is 14.5. The fraction of sp³-hybridized carbons (Fsp3) is 0.538. The average molecular weight is 289 g/mol. The van der Waals surface area contributed by atoms with Crippen LogP contribution in [0.1, 0.15) is 19.4 Å². The standard InChI is InChI=1S/C13H20FNO3S/c1-10(2)19(16,17)8-7-18-13-4-3-11(5-6-15)9-12(13)14/h3-4,9-10H,5-8,15H2,1-2H3. The van der Waals surface area contributed by atoms with Crippen LogP contribution in [-0.4, -0.2) is 32.6 Å². The maximum Gasteiger partial charge on any atom is 0.165 e. The molecule has 0 aliphatic rings. The molecule has 108 valence electrons. The highest BCUT2D eigenvalue weighted by atomic mass is 32.2. The summed E-state index contributed by atoms with van der Waals surface area (Å²) >= 11 is 0. The molecule has 0 atom stereocenters. The minimum Gasteiger partial charge on any atom is -0.489 e. The molecule has 1 aromatic carbocycles. The normalized spacial score (nSPS) is 11.8. The molecular formula is C13H20FNO3S. The van der Waals surface area contributed by atoms with Crippen molar-refractivity contribution >= 4 is 9.84 Å². The quantitative estimate of drug-likeness (QED) is 0.826. The highest BCUT2D eigenvalue weighted by molar-refractivity contribution is 7.91. The lowest BCUT2D eigenvalue weighted by molar-refractivity contribution is 0.322. The maximum absolute atomic E-state index is 13.6. The molecule has 2 N–H and O–H groups in total. The molecule has 0 fully saturated rings. The van der Waals surface area contributed by atoms with E-state index in [1.54, 1.807) is 19.9 Å². The lowest BCUT2D eigenvalue weighted by Crippen LogP contribution is -2.22. The fourth-order valence-electron chi connectivity index (χ4n) is 1.49. The van der Waals surface area contributed by atoms with Crippen molar-refractivity contribution in [2.75, 3.05) is 18.9 Å². The molecule has 0 aliphatic carbocycles. The second kappa shape index (κ2) is 6.86. The maximum atomic E-state index is 13.6. The van der Waals surface area contributed by atoms with Gasteiger partial charge in [0.25, 0.3) is 0 Å². The second-order valence-corrected chi connectivity index (χ2v) is 7.24. The second-order valence-electron chi connectivity index (χ2n) is 4.57. The number of hydrogen-bond acceptors (Lipinski definition) is 4. The molecule has 0 aliphatic heterocycles. The van der Waals surface area contributed by atoms with Crippen molar-refractivity contribution in [2.24, 2.45) is 5.73 Å². The Morgan fingerprint density at radius 3 is 2.58 bits per heavy atom. The van der Waals surface area contributed by atoms with Crippen molar-refractivity contribution in [1.29, 1.82) is 0 Å². The Morgan fingerprint density at radius 2 is 2.05 bits per heavy atom. The van der Waals surface area contributed by atoms with Gasteiger partial charge in [-0.3, -0.25) is 0 Å². The van der Waals surface area contributed by atoms with Crippen molar-refractivity contribution in [2.45, 2.75) is 25.5 Å². The van der Waals surface area contributed by atoms with Gasteiger partial charge < -0.3 is 10.5 Å². The Balaban J connectivity index is 2.59. The van der Waals surface area contributed by atoms with E-state index in [4.69, 9.17) is 10.5 Å². The highest BCUT2D eigenvalue weighted by Gasteiger charge is 2.16. The van der Waals surface area contributed by atoms with Gasteiger partial charge in [0.2, 0.25) is 0 Å². The molecule has 19 heavy (non-hydrogen) atoms. The molecule has 0 saturated carbocycles. The summed E-state index contributed by atoms with van der Waals surface area (Å²) < 4.78 is 41.9. The molecule has 0 bridgehead atoms. The predicted octanol–water partition coefficient (Wildman–Crippen LogP) is 1.53. The molecule has 4 nitrogen and oxygen atoms in total. The van der Waals surface area contributed by atoms with E-state index in [1.165, 1.54) is 12.1 Å². The topological polar surface area (TPSA) is 69.4 Å². The van der Waals surface area contributed by atoms with E-state index in [0.717, 1.165) is 5.56 Å². The van der Waals surface area contributed by atoms with Crippen LogP contribution < -0.4 is 10.5 Å². The van der Waals surface area contributed by atoms with E-state index in [2.05, 4.69) is 0 Å². The molecule has 0 spiro atoms. The Labute approximate surface area is 113 Å². The van der Waals surface area contributed by atoms with E-state index < -0.39 is 20.9 Å². The number of benzene rings is 1. The third-order valence-corrected chi connectivity index (χ3v) is 4.95. The van der Waals surface area contributed by atoms with Crippen LogP contribution in [0.4, 0.5) is 4.39 Å². The van der Waals surface area contributed by atoms with Crippen LogP contribution in [0, 0.1) is 5.82 Å². The summed E-state index contributed by atoms with van der Waals surface area (Å²) in [6.45, 7) is 3.62. The molecule has 1 rings (SSSR count). The highest BCUT2D eigenvalue weighted by Crippen LogP contribution is 2.18. The van der Waals surface area contributed by atoms with E-state index in [-0.39, 0.29) is 18.1 Å². The summed E-state index contributed by atoms with van der Waals surface area (Å²) in [5.41, 5.74) is 6.18. The molecule has 0 radical (unpaired) electrons. The summed E-state index contributed by atoms with van der Waals surface area (Å²) in [7, 11) is -3.16. The summed E-state index contributed by atoms with van der Waals surface area (Å²) in [6, 6.07) is 4.59. The number of halogens is 1. The van der Waals surface area contributed by atoms with Gasteiger partial charge in [-0.05, 0) is 44.5 Å². The van der Waals surface area contributed by atoms with Crippen LogP contribution in [-0.2, 0) is 16.3 Å².